The maximum atomic E-state index is 12.9. The Morgan fingerprint density at radius 1 is 1.22 bits per heavy atom. The topological polar surface area (TPSA) is 200 Å². The number of hydrogen-bond donors (Lipinski definition) is 6. The first-order valence-corrected chi connectivity index (χ1v) is 12.1. The minimum Gasteiger partial charge on any atom is -0.393 e. The van der Waals surface area contributed by atoms with Crippen LogP contribution in [0.25, 0.3) is 11.2 Å². The van der Waals surface area contributed by atoms with E-state index in [2.05, 4.69) is 20.3 Å². The lowest BCUT2D eigenvalue weighted by Gasteiger charge is -2.17. The van der Waals surface area contributed by atoms with Gasteiger partial charge in [0.05, 0.1) is 31.1 Å². The largest absolute Gasteiger partial charge is 0.393 e. The minimum absolute atomic E-state index is 0.0413. The lowest BCUT2D eigenvalue weighted by molar-refractivity contribution is -0.126. The van der Waals surface area contributed by atoms with Crippen LogP contribution in [0.2, 0.25) is 5.28 Å². The quantitative estimate of drug-likeness (QED) is 0.213. The molecule has 0 aromatic carbocycles. The molecule has 2 fully saturated rings. The van der Waals surface area contributed by atoms with Crippen LogP contribution in [0.3, 0.4) is 0 Å². The monoisotopic (exact) mass is 491 g/mol. The lowest BCUT2D eigenvalue weighted by atomic mass is 10.1. The molecule has 2 aliphatic rings. The van der Waals surface area contributed by atoms with Crippen LogP contribution in [0.4, 0.5) is 5.82 Å². The zero-order chi connectivity index (χ0) is 23.2. The average Bonchev–Trinajstić information content (AvgIpc) is 3.35. The molecule has 0 radical (unpaired) electrons. The highest BCUT2D eigenvalue weighted by molar-refractivity contribution is 7.51. The summed E-state index contributed by atoms with van der Waals surface area (Å²) < 4.78 is 17.1. The van der Waals surface area contributed by atoms with E-state index in [-0.39, 0.29) is 17.0 Å². The van der Waals surface area contributed by atoms with Crippen LogP contribution >= 0.6 is 19.2 Å². The number of carbonyl (C=O) groups excluding carboxylic acids is 1. The van der Waals surface area contributed by atoms with Gasteiger partial charge in [-0.25, -0.2) is 4.98 Å². The van der Waals surface area contributed by atoms with Crippen molar-refractivity contribution in [2.45, 2.75) is 49.7 Å². The Hall–Kier alpha value is -1.70. The van der Waals surface area contributed by atoms with Gasteiger partial charge in [0.25, 0.3) is 0 Å². The molecule has 2 aromatic heterocycles. The number of fused-ring (bicyclic) bond motifs is 1. The van der Waals surface area contributed by atoms with Crippen LogP contribution in [0.5, 0.6) is 0 Å². The highest BCUT2D eigenvalue weighted by Crippen LogP contribution is 2.38. The molecule has 0 unspecified atom stereocenters. The van der Waals surface area contributed by atoms with Gasteiger partial charge in [0.15, 0.2) is 22.8 Å². The second-order valence-corrected chi connectivity index (χ2v) is 10.00. The molecule has 0 amide bonds. The first kappa shape index (κ1) is 23.5. The standard InChI is InChI=1S/C17H23ClN5O8P/c18-17-21-15(20-7-1-2-8(24)3-7)10-16(22-17)23(5-19-10)11-12(25)9(13(26)14(11)27)4-31-6-32(28,29)30/h5,7-9,11,13-14,24,26-27H,1-4,6H2,(H,20,21,22)(H2,28,29,30)/t7-,8+,9-,11-,13-,14+/m0/s1. The van der Waals surface area contributed by atoms with E-state index in [1.165, 1.54) is 10.9 Å². The molecule has 13 nitrogen and oxygen atoms in total. The van der Waals surface area contributed by atoms with Crippen LogP contribution in [0.15, 0.2) is 6.33 Å². The molecule has 32 heavy (non-hydrogen) atoms. The van der Waals surface area contributed by atoms with Crippen molar-refractivity contribution in [1.29, 1.82) is 0 Å². The number of ketones is 1. The smallest absolute Gasteiger partial charge is 0.350 e. The van der Waals surface area contributed by atoms with Crippen LogP contribution in [-0.4, -0.2) is 87.7 Å². The van der Waals surface area contributed by atoms with Crippen LogP contribution < -0.4 is 5.32 Å². The van der Waals surface area contributed by atoms with Crippen molar-refractivity contribution in [1.82, 2.24) is 19.5 Å². The average molecular weight is 492 g/mol. The maximum Gasteiger partial charge on any atom is 0.350 e. The fraction of sp³-hybridized carbons (Fsp3) is 0.647. The molecule has 4 rings (SSSR count). The van der Waals surface area contributed by atoms with Gasteiger partial charge in [0.1, 0.15) is 18.5 Å². The fourth-order valence-electron chi connectivity index (χ4n) is 4.24. The third-order valence-corrected chi connectivity index (χ3v) is 6.43. The number of aliphatic hydroxyl groups excluding tert-OH is 3. The Morgan fingerprint density at radius 3 is 2.62 bits per heavy atom. The summed E-state index contributed by atoms with van der Waals surface area (Å²) in [6, 6.07) is -1.30. The van der Waals surface area contributed by atoms with Gasteiger partial charge in [-0.1, -0.05) is 0 Å². The third-order valence-electron chi connectivity index (χ3n) is 5.74. The van der Waals surface area contributed by atoms with Gasteiger partial charge >= 0.3 is 7.60 Å². The van der Waals surface area contributed by atoms with Gasteiger partial charge in [0.2, 0.25) is 5.28 Å². The molecular formula is C17H23ClN5O8P. The predicted molar refractivity (Wildman–Crippen MR) is 110 cm³/mol. The molecule has 2 saturated carbocycles. The number of rotatable bonds is 7. The van der Waals surface area contributed by atoms with Gasteiger partial charge < -0.3 is 39.7 Å². The first-order chi connectivity index (χ1) is 15.0. The van der Waals surface area contributed by atoms with Crippen LogP contribution in [0, 0.1) is 5.92 Å². The summed E-state index contributed by atoms with van der Waals surface area (Å²) in [4.78, 5) is 43.3. The highest BCUT2D eigenvalue weighted by atomic mass is 35.5. The second kappa shape index (κ2) is 8.92. The lowest BCUT2D eigenvalue weighted by Crippen LogP contribution is -2.31. The van der Waals surface area contributed by atoms with Gasteiger partial charge in [0, 0.05) is 6.04 Å². The Bertz CT molecular complexity index is 1060. The van der Waals surface area contributed by atoms with E-state index in [0.717, 1.165) is 6.42 Å². The number of nitrogens with zero attached hydrogens (tertiary/aromatic N) is 4. The van der Waals surface area contributed by atoms with Gasteiger partial charge in [-0.3, -0.25) is 9.36 Å². The van der Waals surface area contributed by atoms with E-state index in [1.54, 1.807) is 0 Å². The van der Waals surface area contributed by atoms with Gasteiger partial charge in [-0.2, -0.15) is 9.97 Å². The van der Waals surface area contributed by atoms with Crippen molar-refractivity contribution in [3.8, 4) is 0 Å². The number of hydrogen-bond acceptors (Lipinski definition) is 10. The normalized spacial score (nSPS) is 31.0. The number of aliphatic hydroxyl groups is 3. The molecule has 0 bridgehead atoms. The van der Waals surface area contributed by atoms with Gasteiger partial charge in [-0.15, -0.1) is 0 Å². The van der Waals surface area contributed by atoms with Crippen LogP contribution in [-0.2, 0) is 14.1 Å². The van der Waals surface area contributed by atoms with Crippen molar-refractivity contribution >= 4 is 42.0 Å². The van der Waals surface area contributed by atoms with Crippen molar-refractivity contribution in [2.24, 2.45) is 5.92 Å². The van der Waals surface area contributed by atoms with E-state index in [9.17, 15) is 24.7 Å². The SMILES string of the molecule is O=C1[C@H](COCP(=O)(O)O)[C@H](O)[C@H](O)[C@H]1n1cnc2c(N[C@H]3CC[C@@H](O)C3)nc(Cl)nc21. The Balaban J connectivity index is 1.60. The molecule has 6 atom stereocenters. The number of Topliss-reactive ketones (excluding diaryl/α,β-unsaturated/α-hetero) is 1. The van der Waals surface area contributed by atoms with Crippen molar-refractivity contribution < 1.29 is 39.2 Å². The number of anilines is 1. The summed E-state index contributed by atoms with van der Waals surface area (Å²) in [6.07, 6.45) is -1.17. The van der Waals surface area contributed by atoms with Crippen LogP contribution in [0.1, 0.15) is 25.3 Å². The number of carbonyl (C=O) groups is 1. The molecule has 2 heterocycles. The predicted octanol–water partition coefficient (Wildman–Crippen LogP) is -0.581. The van der Waals surface area contributed by atoms with E-state index < -0.39 is 56.6 Å². The minimum atomic E-state index is -4.45. The molecule has 0 aliphatic heterocycles. The summed E-state index contributed by atoms with van der Waals surface area (Å²) in [7, 11) is -4.45. The molecule has 2 aromatic rings. The molecule has 0 saturated heterocycles. The number of nitrogens with one attached hydrogen (secondary N) is 1. The van der Waals surface area contributed by atoms with Gasteiger partial charge in [-0.05, 0) is 30.9 Å². The molecule has 0 spiro atoms. The summed E-state index contributed by atoms with van der Waals surface area (Å²) in [5.74, 6) is -1.48. The number of ether oxygens (including phenoxy) is 1. The Labute approximate surface area is 186 Å². The van der Waals surface area contributed by atoms with Crippen molar-refractivity contribution in [3.05, 3.63) is 11.6 Å². The van der Waals surface area contributed by atoms with E-state index in [0.29, 0.717) is 24.2 Å². The zero-order valence-corrected chi connectivity index (χ0v) is 18.3. The van der Waals surface area contributed by atoms with E-state index in [4.69, 9.17) is 26.1 Å². The van der Waals surface area contributed by atoms with E-state index in [1.807, 2.05) is 0 Å². The second-order valence-electron chi connectivity index (χ2n) is 8.07. The summed E-state index contributed by atoms with van der Waals surface area (Å²) >= 11 is 6.07. The van der Waals surface area contributed by atoms with E-state index >= 15 is 0 Å². The number of imidazole rings is 1. The van der Waals surface area contributed by atoms with Crippen molar-refractivity contribution in [2.75, 3.05) is 18.3 Å². The molecular weight excluding hydrogens is 469 g/mol. The zero-order valence-electron chi connectivity index (χ0n) is 16.7. The fourth-order valence-corrected chi connectivity index (χ4v) is 4.75. The molecule has 176 valence electrons. The summed E-state index contributed by atoms with van der Waals surface area (Å²) in [5.41, 5.74) is 0.457. The number of aromatic nitrogens is 4. The molecule has 15 heteroatoms. The maximum absolute atomic E-state index is 12.9. The molecule has 6 N–H and O–H groups in total. The first-order valence-electron chi connectivity index (χ1n) is 9.92. The third kappa shape index (κ3) is 4.66. The number of halogens is 1. The Kier molecular flexibility index (Phi) is 6.54. The summed E-state index contributed by atoms with van der Waals surface area (Å²) in [6.45, 7) is -0.474. The highest BCUT2D eigenvalue weighted by Gasteiger charge is 2.50. The van der Waals surface area contributed by atoms with Crippen molar-refractivity contribution in [3.63, 3.8) is 0 Å². The Morgan fingerprint density at radius 2 is 1.97 bits per heavy atom. The summed E-state index contributed by atoms with van der Waals surface area (Å²) in [5, 5.41) is 33.7. The molecule has 2 aliphatic carbocycles.